The number of ether oxygens (including phenoxy) is 1. The van der Waals surface area contributed by atoms with E-state index in [2.05, 4.69) is 29.4 Å². The van der Waals surface area contributed by atoms with E-state index in [1.165, 1.54) is 69.3 Å². The Kier molecular flexibility index (Phi) is 20.8. The molecule has 1 unspecified atom stereocenters. The average Bonchev–Trinajstić information content (AvgIpc) is 3.46. The molecule has 162 valence electrons. The monoisotopic (exact) mass is 418 g/mol. The summed E-state index contributed by atoms with van der Waals surface area (Å²) in [6.45, 7) is 4.28. The van der Waals surface area contributed by atoms with Crippen LogP contribution in [0.4, 0.5) is 0 Å². The van der Waals surface area contributed by atoms with Gasteiger partial charge in [0.15, 0.2) is 5.25 Å². The van der Waals surface area contributed by atoms with Crippen LogP contribution in [0.1, 0.15) is 77.6 Å². The SMILES string of the molecule is C1CO1.O=C(O)CC(C(=O)O)S(=O)(=O)O.[Li][CH2]CCCCCCCCCCC. The molecule has 1 aliphatic rings. The van der Waals surface area contributed by atoms with Gasteiger partial charge in [-0.2, -0.15) is 8.42 Å². The summed E-state index contributed by atoms with van der Waals surface area (Å²) < 4.78 is 33.2. The summed E-state index contributed by atoms with van der Waals surface area (Å²) >= 11 is 2.28. The van der Waals surface area contributed by atoms with Gasteiger partial charge in [0, 0.05) is 0 Å². The third kappa shape index (κ3) is 25.4. The Morgan fingerprint density at radius 3 is 1.54 bits per heavy atom. The summed E-state index contributed by atoms with van der Waals surface area (Å²) in [6.07, 6.45) is 13.4. The predicted octanol–water partition coefficient (Wildman–Crippen LogP) is 3.31. The molecule has 0 aromatic rings. The topological polar surface area (TPSA) is 142 Å². The average molecular weight is 418 g/mol. The molecule has 1 atom stereocenters. The number of unbranched alkanes of at least 4 members (excludes halogenated alkanes) is 9. The normalized spacial score (nSPS) is 13.4. The summed E-state index contributed by atoms with van der Waals surface area (Å²) in [5.74, 6) is -3.50. The predicted molar refractivity (Wildman–Crippen MR) is 108 cm³/mol. The zero-order chi connectivity index (χ0) is 21.8. The number of carboxylic acid groups (broad SMARTS) is 2. The number of carbonyl (C=O) groups is 2. The molecule has 1 rings (SSSR count). The van der Waals surface area contributed by atoms with Gasteiger partial charge in [-0.1, -0.05) is 0 Å². The van der Waals surface area contributed by atoms with Crippen molar-refractivity contribution in [2.45, 2.75) is 87.9 Å². The van der Waals surface area contributed by atoms with E-state index >= 15 is 0 Å². The maximum atomic E-state index is 10.2. The van der Waals surface area contributed by atoms with Gasteiger partial charge in [0.25, 0.3) is 10.1 Å². The third-order valence-corrected chi connectivity index (χ3v) is 4.99. The van der Waals surface area contributed by atoms with Crippen molar-refractivity contribution in [2.75, 3.05) is 13.2 Å². The zero-order valence-corrected chi connectivity index (χ0v) is 18.1. The number of epoxide rings is 1. The second-order valence-electron chi connectivity index (χ2n) is 6.73. The molecule has 0 aliphatic carbocycles. The molecule has 3 N–H and O–H groups in total. The summed E-state index contributed by atoms with van der Waals surface area (Å²) in [6, 6.07) is 0. The molecule has 0 saturated carbocycles. The number of hydrogen-bond donors (Lipinski definition) is 3. The molecule has 1 aliphatic heterocycles. The van der Waals surface area contributed by atoms with Crippen LogP contribution in [0.3, 0.4) is 0 Å². The number of carboxylic acids is 2. The van der Waals surface area contributed by atoms with E-state index in [1.807, 2.05) is 0 Å². The van der Waals surface area contributed by atoms with E-state index in [9.17, 15) is 18.0 Å². The van der Waals surface area contributed by atoms with Crippen molar-refractivity contribution in [3.63, 3.8) is 0 Å². The van der Waals surface area contributed by atoms with Crippen molar-refractivity contribution in [3.8, 4) is 0 Å². The van der Waals surface area contributed by atoms with E-state index in [0.717, 1.165) is 13.2 Å². The van der Waals surface area contributed by atoms with Crippen molar-refractivity contribution >= 4 is 39.8 Å². The van der Waals surface area contributed by atoms with Crippen LogP contribution in [-0.2, 0) is 24.4 Å². The summed E-state index contributed by atoms with van der Waals surface area (Å²) in [5.41, 5.74) is 0. The minimum absolute atomic E-state index is 1.00. The Labute approximate surface area is 178 Å². The second-order valence-corrected chi connectivity index (χ2v) is 8.33. The first-order chi connectivity index (χ1) is 13.2. The Morgan fingerprint density at radius 1 is 0.929 bits per heavy atom. The van der Waals surface area contributed by atoms with E-state index in [0.29, 0.717) is 0 Å². The number of hydrogen-bond acceptors (Lipinski definition) is 5. The van der Waals surface area contributed by atoms with Gasteiger partial charge in [-0.05, 0) is 0 Å². The van der Waals surface area contributed by atoms with Crippen LogP contribution >= 0.6 is 0 Å². The fraction of sp³-hybridized carbons (Fsp3) is 0.889. The van der Waals surface area contributed by atoms with Crippen LogP contribution in [0.2, 0.25) is 5.09 Å². The van der Waals surface area contributed by atoms with Crippen molar-refractivity contribution in [2.24, 2.45) is 0 Å². The van der Waals surface area contributed by atoms with Gasteiger partial charge >= 0.3 is 106 Å². The van der Waals surface area contributed by atoms with Crippen LogP contribution in [-0.4, -0.2) is 71.3 Å². The fourth-order valence-corrected chi connectivity index (χ4v) is 2.82. The molecule has 1 heterocycles. The van der Waals surface area contributed by atoms with Gasteiger partial charge < -0.3 is 14.9 Å². The van der Waals surface area contributed by atoms with Crippen molar-refractivity contribution in [1.29, 1.82) is 0 Å². The minimum atomic E-state index is -4.84. The van der Waals surface area contributed by atoms with Crippen molar-refractivity contribution < 1.29 is 37.5 Å². The molecule has 10 heteroatoms. The van der Waals surface area contributed by atoms with Gasteiger partial charge in [0.05, 0.1) is 19.6 Å². The molecule has 0 radical (unpaired) electrons. The second kappa shape index (κ2) is 19.7. The summed E-state index contributed by atoms with van der Waals surface area (Å²) in [5, 5.41) is 15.3. The quantitative estimate of drug-likeness (QED) is 0.169. The Bertz CT molecular complexity index is 481. The van der Waals surface area contributed by atoms with Crippen LogP contribution in [0, 0.1) is 0 Å². The molecule has 1 saturated heterocycles. The zero-order valence-electron chi connectivity index (χ0n) is 17.3. The molecule has 1 fully saturated rings. The Morgan fingerprint density at radius 2 is 1.32 bits per heavy atom. The van der Waals surface area contributed by atoms with Gasteiger partial charge in [0.1, 0.15) is 0 Å². The molecule has 0 spiro atoms. The standard InChI is InChI=1S/C12H25.C4H6O7S.C2H4O.Li/c1-3-5-7-9-11-12-10-8-6-4-2;5-3(6)1-2(4(7)8)12(9,10)11;1-2-3-1;/h1,3-12H2,2H3;2H,1H2,(H,5,6)(H,7,8)(H,9,10,11);1-2H2;. The van der Waals surface area contributed by atoms with E-state index < -0.39 is 33.7 Å². The van der Waals surface area contributed by atoms with Gasteiger partial charge in [0.2, 0.25) is 0 Å². The van der Waals surface area contributed by atoms with Gasteiger partial charge in [-0.15, -0.1) is 0 Å². The first-order valence-electron chi connectivity index (χ1n) is 10.1. The summed E-state index contributed by atoms with van der Waals surface area (Å²) in [7, 11) is -4.84. The molecule has 0 bridgehead atoms. The van der Waals surface area contributed by atoms with Crippen LogP contribution in [0.15, 0.2) is 0 Å². The van der Waals surface area contributed by atoms with Crippen LogP contribution < -0.4 is 0 Å². The molecular formula is C18H35LiO8S. The third-order valence-electron chi connectivity index (χ3n) is 3.91. The Balaban J connectivity index is 0. The van der Waals surface area contributed by atoms with Crippen molar-refractivity contribution in [1.82, 2.24) is 0 Å². The molecule has 28 heavy (non-hydrogen) atoms. The fourth-order valence-electron chi connectivity index (χ4n) is 2.22. The molecule has 0 aromatic heterocycles. The molecule has 8 nitrogen and oxygen atoms in total. The number of aliphatic carboxylic acids is 2. The number of rotatable bonds is 14. The van der Waals surface area contributed by atoms with Gasteiger partial charge in [-0.25, -0.2) is 0 Å². The molecular weight excluding hydrogens is 383 g/mol. The summed E-state index contributed by atoms with van der Waals surface area (Å²) in [4.78, 5) is 20.0. The molecule has 0 aromatic carbocycles. The first kappa shape index (κ1) is 29.6. The van der Waals surface area contributed by atoms with E-state index in [4.69, 9.17) is 14.8 Å². The van der Waals surface area contributed by atoms with E-state index in [1.54, 1.807) is 0 Å². The first-order valence-corrected chi connectivity index (χ1v) is 11.7. The van der Waals surface area contributed by atoms with Crippen LogP contribution in [0.5, 0.6) is 0 Å². The molecule has 0 amide bonds. The van der Waals surface area contributed by atoms with Crippen molar-refractivity contribution in [3.05, 3.63) is 0 Å². The van der Waals surface area contributed by atoms with Gasteiger partial charge in [-0.3, -0.25) is 14.1 Å². The van der Waals surface area contributed by atoms with E-state index in [-0.39, 0.29) is 0 Å². The van der Waals surface area contributed by atoms with Crippen LogP contribution in [0.25, 0.3) is 0 Å². The Hall–Kier alpha value is -0.593. The maximum absolute atomic E-state index is 10.2.